The van der Waals surface area contributed by atoms with E-state index in [0.29, 0.717) is 12.1 Å². The third-order valence-electron chi connectivity index (χ3n) is 2.23. The minimum absolute atomic E-state index is 0.479. The number of carboxylic acid groups (broad SMARTS) is 1. The molecule has 0 aliphatic carbocycles. The molecular formula is C11H8F3N5O2. The minimum atomic E-state index is -4.67. The first-order valence-electron chi connectivity index (χ1n) is 5.19. The van der Waals surface area contributed by atoms with Crippen molar-refractivity contribution >= 4 is 23.2 Å². The maximum Gasteiger partial charge on any atom is 0.416 e. The summed E-state index contributed by atoms with van der Waals surface area (Å²) in [6.07, 6.45) is -4.67. The zero-order valence-electron chi connectivity index (χ0n) is 10.2. The highest BCUT2D eigenvalue weighted by Gasteiger charge is 2.31. The molecule has 0 aliphatic rings. The van der Waals surface area contributed by atoms with Crippen LogP contribution in [0.4, 0.5) is 18.9 Å². The number of amidine groups is 1. The molecule has 110 valence electrons. The van der Waals surface area contributed by atoms with Gasteiger partial charge in [-0.1, -0.05) is 0 Å². The number of hydrogen-bond donors (Lipinski definition) is 4. The monoisotopic (exact) mass is 299 g/mol. The highest BCUT2D eigenvalue weighted by molar-refractivity contribution is 6.45. The van der Waals surface area contributed by atoms with Crippen LogP contribution < -0.4 is 11.2 Å². The van der Waals surface area contributed by atoms with Crippen molar-refractivity contribution in [2.75, 3.05) is 5.43 Å². The molecule has 0 fully saturated rings. The molecule has 0 saturated carbocycles. The van der Waals surface area contributed by atoms with Crippen molar-refractivity contribution in [2.45, 2.75) is 6.18 Å². The van der Waals surface area contributed by atoms with Gasteiger partial charge in [-0.15, -0.1) is 0 Å². The third kappa shape index (κ3) is 3.93. The van der Waals surface area contributed by atoms with Crippen LogP contribution in [0.25, 0.3) is 0 Å². The van der Waals surface area contributed by atoms with Crippen LogP contribution in [0.3, 0.4) is 0 Å². The highest BCUT2D eigenvalue weighted by atomic mass is 19.4. The molecule has 0 amide bonds. The van der Waals surface area contributed by atoms with Crippen molar-refractivity contribution in [3.8, 4) is 6.07 Å². The summed E-state index contributed by atoms with van der Waals surface area (Å²) in [6, 6.07) is 3.32. The Morgan fingerprint density at radius 1 is 1.48 bits per heavy atom. The Balaban J connectivity index is 3.29. The molecular weight excluding hydrogens is 291 g/mol. The van der Waals surface area contributed by atoms with E-state index >= 15 is 0 Å². The lowest BCUT2D eigenvalue weighted by atomic mass is 10.1. The smallest absolute Gasteiger partial charge is 0.416 e. The SMILES string of the molecule is N#C/C(=N\Nc1cc(C(F)(F)F)ccc1C(=O)O)C(=N)N. The van der Waals surface area contributed by atoms with Gasteiger partial charge < -0.3 is 10.8 Å². The Morgan fingerprint density at radius 2 is 2.10 bits per heavy atom. The molecule has 1 rings (SSSR count). The first-order valence-corrected chi connectivity index (χ1v) is 5.19. The maximum absolute atomic E-state index is 12.6. The summed E-state index contributed by atoms with van der Waals surface area (Å²) in [4.78, 5) is 10.9. The molecule has 0 heterocycles. The van der Waals surface area contributed by atoms with E-state index in [0.717, 1.165) is 6.07 Å². The largest absolute Gasteiger partial charge is 0.478 e. The summed E-state index contributed by atoms with van der Waals surface area (Å²) in [6.45, 7) is 0. The average Bonchev–Trinajstić information content (AvgIpc) is 2.37. The van der Waals surface area contributed by atoms with Crippen molar-refractivity contribution in [1.29, 1.82) is 10.7 Å². The summed E-state index contributed by atoms with van der Waals surface area (Å²) in [5, 5.41) is 27.8. The van der Waals surface area contributed by atoms with Crippen LogP contribution in [-0.2, 0) is 6.18 Å². The molecule has 0 aromatic heterocycles. The molecule has 0 bridgehead atoms. The molecule has 0 saturated heterocycles. The Hall–Kier alpha value is -3.09. The first-order chi connectivity index (χ1) is 9.66. The molecule has 21 heavy (non-hydrogen) atoms. The molecule has 10 heteroatoms. The maximum atomic E-state index is 12.6. The molecule has 5 N–H and O–H groups in total. The van der Waals surface area contributed by atoms with Gasteiger partial charge in [0.1, 0.15) is 6.07 Å². The summed E-state index contributed by atoms with van der Waals surface area (Å²) in [5.41, 5.74) is 4.36. The lowest BCUT2D eigenvalue weighted by molar-refractivity contribution is -0.137. The molecule has 1 aromatic carbocycles. The van der Waals surface area contributed by atoms with Crippen molar-refractivity contribution in [1.82, 2.24) is 0 Å². The van der Waals surface area contributed by atoms with Gasteiger partial charge in [0.25, 0.3) is 0 Å². The number of aromatic carboxylic acids is 1. The lowest BCUT2D eigenvalue weighted by Gasteiger charge is -2.11. The molecule has 1 aromatic rings. The number of nitrogens with two attached hydrogens (primary N) is 1. The number of nitrogens with one attached hydrogen (secondary N) is 2. The molecule has 7 nitrogen and oxygen atoms in total. The Labute approximate surface area is 116 Å². The van der Waals surface area contributed by atoms with Crippen LogP contribution in [0.1, 0.15) is 15.9 Å². The van der Waals surface area contributed by atoms with Crippen molar-refractivity contribution in [3.63, 3.8) is 0 Å². The fourth-order valence-electron chi connectivity index (χ4n) is 1.26. The standard InChI is InChI=1S/C11H8F3N5O2/c12-11(13,14)5-1-2-6(10(20)21)7(3-5)18-19-8(4-15)9(16)17/h1-3,18H,(H3,16,17)(H,20,21)/b19-8+. The molecule has 0 spiro atoms. The van der Waals surface area contributed by atoms with E-state index in [-0.39, 0.29) is 0 Å². The fraction of sp³-hybridized carbons (Fsp3) is 0.0909. The first kappa shape index (κ1) is 16.0. The van der Waals surface area contributed by atoms with Gasteiger partial charge in [-0.05, 0) is 18.2 Å². The number of nitriles is 1. The van der Waals surface area contributed by atoms with Crippen LogP contribution in [0.5, 0.6) is 0 Å². The van der Waals surface area contributed by atoms with E-state index in [2.05, 4.69) is 5.10 Å². The normalized spacial score (nSPS) is 11.6. The number of carboxylic acids is 1. The number of halogens is 3. The second kappa shape index (κ2) is 5.91. The zero-order chi connectivity index (χ0) is 16.2. The van der Waals surface area contributed by atoms with Gasteiger partial charge in [0.15, 0.2) is 5.84 Å². The third-order valence-corrected chi connectivity index (χ3v) is 2.23. The Morgan fingerprint density at radius 3 is 2.52 bits per heavy atom. The van der Waals surface area contributed by atoms with E-state index in [4.69, 9.17) is 21.5 Å². The van der Waals surface area contributed by atoms with E-state index in [1.807, 2.05) is 5.43 Å². The number of rotatable bonds is 4. The van der Waals surface area contributed by atoms with E-state index in [1.54, 1.807) is 0 Å². The van der Waals surface area contributed by atoms with Crippen molar-refractivity contribution in [2.24, 2.45) is 10.8 Å². The quantitative estimate of drug-likeness (QED) is 0.380. The van der Waals surface area contributed by atoms with Gasteiger partial charge in [-0.3, -0.25) is 10.8 Å². The van der Waals surface area contributed by atoms with Crippen molar-refractivity contribution < 1.29 is 23.1 Å². The molecule has 0 radical (unpaired) electrons. The number of alkyl halides is 3. The number of anilines is 1. The van der Waals surface area contributed by atoms with E-state index in [1.165, 1.54) is 6.07 Å². The van der Waals surface area contributed by atoms with Gasteiger partial charge in [0.05, 0.1) is 16.8 Å². The fourth-order valence-corrected chi connectivity index (χ4v) is 1.26. The Kier molecular flexibility index (Phi) is 4.49. The second-order valence-corrected chi connectivity index (χ2v) is 3.66. The number of hydrogen-bond acceptors (Lipinski definition) is 5. The molecule has 0 atom stereocenters. The molecule has 0 unspecified atom stereocenters. The van der Waals surface area contributed by atoms with Gasteiger partial charge in [0, 0.05) is 0 Å². The van der Waals surface area contributed by atoms with Crippen LogP contribution >= 0.6 is 0 Å². The minimum Gasteiger partial charge on any atom is -0.478 e. The topological polar surface area (TPSA) is 135 Å². The average molecular weight is 299 g/mol. The summed E-state index contributed by atoms with van der Waals surface area (Å²) >= 11 is 0. The van der Waals surface area contributed by atoms with Crippen LogP contribution in [0.15, 0.2) is 23.3 Å². The van der Waals surface area contributed by atoms with E-state index in [9.17, 15) is 18.0 Å². The number of hydrazone groups is 1. The number of benzene rings is 1. The van der Waals surface area contributed by atoms with Gasteiger partial charge in [0.2, 0.25) is 5.71 Å². The lowest BCUT2D eigenvalue weighted by Crippen LogP contribution is -2.22. The predicted molar refractivity (Wildman–Crippen MR) is 67.0 cm³/mol. The van der Waals surface area contributed by atoms with Crippen LogP contribution in [-0.4, -0.2) is 22.6 Å². The summed E-state index contributed by atoms with van der Waals surface area (Å²) in [5.74, 6) is -2.20. The highest BCUT2D eigenvalue weighted by Crippen LogP contribution is 2.32. The number of carbonyl (C=O) groups is 1. The predicted octanol–water partition coefficient (Wildman–Crippen LogP) is 1.63. The Bertz CT molecular complexity index is 661. The van der Waals surface area contributed by atoms with E-state index < -0.39 is 40.5 Å². The zero-order valence-corrected chi connectivity index (χ0v) is 10.2. The van der Waals surface area contributed by atoms with Gasteiger partial charge in [-0.2, -0.15) is 23.5 Å². The van der Waals surface area contributed by atoms with Crippen LogP contribution in [0, 0.1) is 16.7 Å². The van der Waals surface area contributed by atoms with Crippen LogP contribution in [0.2, 0.25) is 0 Å². The van der Waals surface area contributed by atoms with Gasteiger partial charge >= 0.3 is 12.1 Å². The summed E-state index contributed by atoms with van der Waals surface area (Å²) in [7, 11) is 0. The molecule has 0 aliphatic heterocycles. The summed E-state index contributed by atoms with van der Waals surface area (Å²) < 4.78 is 37.7. The van der Waals surface area contributed by atoms with Crippen molar-refractivity contribution in [3.05, 3.63) is 29.3 Å². The second-order valence-electron chi connectivity index (χ2n) is 3.66. The number of nitrogens with zero attached hydrogens (tertiary/aromatic N) is 2. The van der Waals surface area contributed by atoms with Gasteiger partial charge in [-0.25, -0.2) is 4.79 Å².